The van der Waals surface area contributed by atoms with E-state index in [1.165, 1.54) is 17.3 Å². The summed E-state index contributed by atoms with van der Waals surface area (Å²) in [5.74, 6) is 1.44. The van der Waals surface area contributed by atoms with Crippen molar-refractivity contribution in [1.29, 1.82) is 0 Å². The SMILES string of the molecule is CCC(CC)n1c(COc2ccccc2Cl)nnc1SC(C)C(=O)N1CCc2ccccc21. The van der Waals surface area contributed by atoms with Crippen LogP contribution < -0.4 is 9.64 Å². The van der Waals surface area contributed by atoms with Crippen molar-refractivity contribution in [2.45, 2.75) is 63.1 Å². The smallest absolute Gasteiger partial charge is 0.240 e. The molecule has 6 nitrogen and oxygen atoms in total. The molecule has 0 saturated heterocycles. The van der Waals surface area contributed by atoms with E-state index in [2.05, 4.69) is 34.7 Å². The Morgan fingerprint density at radius 3 is 2.61 bits per heavy atom. The van der Waals surface area contributed by atoms with E-state index in [4.69, 9.17) is 16.3 Å². The fraction of sp³-hybridized carbons (Fsp3) is 0.400. The Hall–Kier alpha value is -2.51. The van der Waals surface area contributed by atoms with Crippen LogP contribution in [0, 0.1) is 0 Å². The molecule has 0 bridgehead atoms. The summed E-state index contributed by atoms with van der Waals surface area (Å²) >= 11 is 7.70. The van der Waals surface area contributed by atoms with Gasteiger partial charge in [-0.2, -0.15) is 0 Å². The molecule has 0 N–H and O–H groups in total. The van der Waals surface area contributed by atoms with Gasteiger partial charge in [-0.3, -0.25) is 4.79 Å². The van der Waals surface area contributed by atoms with Crippen LogP contribution in [-0.2, 0) is 17.8 Å². The Bertz CT molecular complexity index is 1120. The largest absolute Gasteiger partial charge is 0.484 e. The summed E-state index contributed by atoms with van der Waals surface area (Å²) in [6.45, 7) is 7.22. The summed E-state index contributed by atoms with van der Waals surface area (Å²) in [6, 6.07) is 15.7. The summed E-state index contributed by atoms with van der Waals surface area (Å²) in [4.78, 5) is 15.2. The van der Waals surface area contributed by atoms with E-state index in [1.807, 2.05) is 48.2 Å². The maximum absolute atomic E-state index is 13.3. The summed E-state index contributed by atoms with van der Waals surface area (Å²) in [5.41, 5.74) is 2.24. The lowest BCUT2D eigenvalue weighted by Crippen LogP contribution is -2.35. The number of para-hydroxylation sites is 2. The fourth-order valence-corrected chi connectivity index (χ4v) is 5.40. The number of fused-ring (bicyclic) bond motifs is 1. The summed E-state index contributed by atoms with van der Waals surface area (Å²) < 4.78 is 8.08. The fourth-order valence-electron chi connectivity index (χ4n) is 4.21. The molecule has 0 radical (unpaired) electrons. The molecule has 4 rings (SSSR count). The van der Waals surface area contributed by atoms with Crippen molar-refractivity contribution >= 4 is 35.0 Å². The number of carbonyl (C=O) groups is 1. The van der Waals surface area contributed by atoms with E-state index in [0.717, 1.165) is 42.5 Å². The standard InChI is InChI=1S/C25H29ClN4O2S/c1-4-19(5-2)30-23(16-32-22-13-9-7-11-20(22)26)27-28-25(30)33-17(3)24(31)29-15-14-18-10-6-8-12-21(18)29/h6-13,17,19H,4-5,14-16H2,1-3H3. The van der Waals surface area contributed by atoms with Crippen LogP contribution in [-0.4, -0.2) is 32.5 Å². The lowest BCUT2D eigenvalue weighted by Gasteiger charge is -2.23. The second-order valence-corrected chi connectivity index (χ2v) is 9.80. The van der Waals surface area contributed by atoms with Crippen molar-refractivity contribution in [3.8, 4) is 5.75 Å². The second kappa shape index (κ2) is 10.6. The molecular weight excluding hydrogens is 456 g/mol. The van der Waals surface area contributed by atoms with Gasteiger partial charge in [0.2, 0.25) is 5.91 Å². The number of halogens is 1. The Morgan fingerprint density at radius 1 is 1.12 bits per heavy atom. The molecule has 174 valence electrons. The van der Waals surface area contributed by atoms with E-state index in [0.29, 0.717) is 10.8 Å². The van der Waals surface area contributed by atoms with E-state index in [-0.39, 0.29) is 23.8 Å². The van der Waals surface area contributed by atoms with Crippen molar-refractivity contribution in [3.63, 3.8) is 0 Å². The number of ether oxygens (including phenoxy) is 1. The predicted octanol–water partition coefficient (Wildman–Crippen LogP) is 5.94. The van der Waals surface area contributed by atoms with Gasteiger partial charge in [-0.1, -0.05) is 67.5 Å². The number of benzene rings is 2. The highest BCUT2D eigenvalue weighted by atomic mass is 35.5. The number of hydrogen-bond acceptors (Lipinski definition) is 5. The minimum absolute atomic E-state index is 0.0953. The van der Waals surface area contributed by atoms with Gasteiger partial charge >= 0.3 is 0 Å². The molecule has 0 aliphatic carbocycles. The molecule has 2 aromatic carbocycles. The van der Waals surface area contributed by atoms with Crippen molar-refractivity contribution in [3.05, 3.63) is 64.9 Å². The van der Waals surface area contributed by atoms with Crippen LogP contribution >= 0.6 is 23.4 Å². The zero-order valence-corrected chi connectivity index (χ0v) is 20.8. The normalized spacial score (nSPS) is 13.9. The third-order valence-electron chi connectivity index (χ3n) is 6.02. The van der Waals surface area contributed by atoms with Crippen molar-refractivity contribution < 1.29 is 9.53 Å². The number of anilines is 1. The first kappa shape index (κ1) is 23.6. The Kier molecular flexibility index (Phi) is 7.60. The average molecular weight is 485 g/mol. The Balaban J connectivity index is 1.53. The Labute approximate surface area is 204 Å². The first-order valence-corrected chi connectivity index (χ1v) is 12.7. The molecule has 1 atom stereocenters. The molecule has 1 aliphatic rings. The lowest BCUT2D eigenvalue weighted by molar-refractivity contribution is -0.117. The summed E-state index contributed by atoms with van der Waals surface area (Å²) in [5, 5.41) is 9.90. The topological polar surface area (TPSA) is 60.2 Å². The maximum atomic E-state index is 13.3. The maximum Gasteiger partial charge on any atom is 0.240 e. The van der Waals surface area contributed by atoms with E-state index < -0.39 is 0 Å². The first-order valence-electron chi connectivity index (χ1n) is 11.4. The van der Waals surface area contributed by atoms with Gasteiger partial charge in [0, 0.05) is 18.3 Å². The minimum Gasteiger partial charge on any atom is -0.484 e. The Morgan fingerprint density at radius 2 is 1.85 bits per heavy atom. The molecule has 3 aromatic rings. The lowest BCUT2D eigenvalue weighted by atomic mass is 10.2. The number of amides is 1. The molecule has 8 heteroatoms. The van der Waals surface area contributed by atoms with Crippen LogP contribution in [0.25, 0.3) is 0 Å². The quantitative estimate of drug-likeness (QED) is 0.351. The average Bonchev–Trinajstić information content (AvgIpc) is 3.43. The highest BCUT2D eigenvalue weighted by Crippen LogP contribution is 2.33. The van der Waals surface area contributed by atoms with E-state index in [9.17, 15) is 4.79 Å². The first-order chi connectivity index (χ1) is 16.0. The van der Waals surface area contributed by atoms with Crippen LogP contribution in [0.15, 0.2) is 53.7 Å². The molecular formula is C25H29ClN4O2S. The molecule has 2 heterocycles. The van der Waals surface area contributed by atoms with Gasteiger partial charge in [-0.15, -0.1) is 10.2 Å². The predicted molar refractivity (Wildman–Crippen MR) is 133 cm³/mol. The molecule has 0 fully saturated rings. The number of carbonyl (C=O) groups excluding carboxylic acids is 1. The van der Waals surface area contributed by atoms with Crippen LogP contribution in [0.5, 0.6) is 5.75 Å². The molecule has 33 heavy (non-hydrogen) atoms. The van der Waals surface area contributed by atoms with Crippen molar-refractivity contribution in [1.82, 2.24) is 14.8 Å². The van der Waals surface area contributed by atoms with Gasteiger partial charge in [0.25, 0.3) is 0 Å². The van der Waals surface area contributed by atoms with Gasteiger partial charge in [-0.05, 0) is 49.9 Å². The van der Waals surface area contributed by atoms with Gasteiger partial charge in [0.15, 0.2) is 11.0 Å². The van der Waals surface area contributed by atoms with Gasteiger partial charge in [0.1, 0.15) is 12.4 Å². The number of hydrogen-bond donors (Lipinski definition) is 0. The molecule has 1 aliphatic heterocycles. The van der Waals surface area contributed by atoms with Crippen LogP contribution in [0.1, 0.15) is 51.0 Å². The summed E-state index contributed by atoms with van der Waals surface area (Å²) in [6.07, 6.45) is 2.76. The molecule has 1 unspecified atom stereocenters. The number of nitrogens with zero attached hydrogens (tertiary/aromatic N) is 4. The number of thioether (sulfide) groups is 1. The molecule has 1 aromatic heterocycles. The van der Waals surface area contributed by atoms with Crippen LogP contribution in [0.2, 0.25) is 5.02 Å². The van der Waals surface area contributed by atoms with Crippen molar-refractivity contribution in [2.24, 2.45) is 0 Å². The molecule has 0 spiro atoms. The van der Waals surface area contributed by atoms with E-state index in [1.54, 1.807) is 6.07 Å². The second-order valence-electron chi connectivity index (χ2n) is 8.09. The highest BCUT2D eigenvalue weighted by molar-refractivity contribution is 8.00. The van der Waals surface area contributed by atoms with E-state index >= 15 is 0 Å². The number of aromatic nitrogens is 3. The van der Waals surface area contributed by atoms with Gasteiger partial charge in [0.05, 0.1) is 10.3 Å². The zero-order valence-electron chi connectivity index (χ0n) is 19.2. The van der Waals surface area contributed by atoms with Gasteiger partial charge in [-0.25, -0.2) is 0 Å². The van der Waals surface area contributed by atoms with Crippen LogP contribution in [0.4, 0.5) is 5.69 Å². The third-order valence-corrected chi connectivity index (χ3v) is 7.38. The summed E-state index contributed by atoms with van der Waals surface area (Å²) in [7, 11) is 0. The van der Waals surface area contributed by atoms with Gasteiger partial charge < -0.3 is 14.2 Å². The molecule has 0 saturated carbocycles. The number of rotatable bonds is 9. The third kappa shape index (κ3) is 5.04. The minimum atomic E-state index is -0.286. The monoisotopic (exact) mass is 484 g/mol. The van der Waals surface area contributed by atoms with Crippen molar-refractivity contribution in [2.75, 3.05) is 11.4 Å². The highest BCUT2D eigenvalue weighted by Gasteiger charge is 2.30. The van der Waals surface area contributed by atoms with Crippen LogP contribution in [0.3, 0.4) is 0 Å². The zero-order chi connectivity index (χ0) is 23.4. The molecule has 1 amide bonds.